The molecule has 1 unspecified atom stereocenters. The number of nitrogens with zero attached hydrogens (tertiary/aromatic N) is 2. The number of benzene rings is 1. The smallest absolute Gasteiger partial charge is 0.407 e. The SMILES string of the molecule is CCNC(=O)OC(C(C)(C)C)C1(CN2CCN(Cc3ccccc3)CC2)CCCCC1. The number of piperazine rings is 1. The summed E-state index contributed by atoms with van der Waals surface area (Å²) in [6.07, 6.45) is 5.73. The summed E-state index contributed by atoms with van der Waals surface area (Å²) in [5.74, 6) is 0. The van der Waals surface area contributed by atoms with Crippen LogP contribution in [-0.4, -0.2) is 61.3 Å². The number of amides is 1. The van der Waals surface area contributed by atoms with E-state index in [1.165, 1.54) is 24.8 Å². The van der Waals surface area contributed by atoms with E-state index in [-0.39, 0.29) is 23.0 Å². The Kier molecular flexibility index (Phi) is 8.40. The molecule has 174 valence electrons. The first-order valence-electron chi connectivity index (χ1n) is 12.3. The van der Waals surface area contributed by atoms with Crippen LogP contribution in [0.1, 0.15) is 65.4 Å². The predicted molar refractivity (Wildman–Crippen MR) is 127 cm³/mol. The standard InChI is InChI=1S/C26H43N3O2/c1-5-27-24(30)31-23(25(2,3)4)26(14-10-7-11-15-26)21-29-18-16-28(17-19-29)20-22-12-8-6-9-13-22/h6,8-9,12-13,23H,5,7,10-11,14-21H2,1-4H3,(H,27,30). The summed E-state index contributed by atoms with van der Waals surface area (Å²) in [7, 11) is 0. The van der Waals surface area contributed by atoms with Gasteiger partial charge in [0.2, 0.25) is 0 Å². The van der Waals surface area contributed by atoms with Crippen molar-refractivity contribution in [1.82, 2.24) is 15.1 Å². The van der Waals surface area contributed by atoms with Crippen molar-refractivity contribution in [3.63, 3.8) is 0 Å². The van der Waals surface area contributed by atoms with E-state index in [1.807, 2.05) is 6.92 Å². The van der Waals surface area contributed by atoms with E-state index in [0.717, 1.165) is 52.1 Å². The monoisotopic (exact) mass is 429 g/mol. The summed E-state index contributed by atoms with van der Waals surface area (Å²) in [5.41, 5.74) is 1.35. The normalized spacial score (nSPS) is 21.4. The number of ether oxygens (including phenoxy) is 1. The molecule has 1 aliphatic heterocycles. The van der Waals surface area contributed by atoms with Gasteiger partial charge in [0.1, 0.15) is 6.10 Å². The van der Waals surface area contributed by atoms with E-state index in [1.54, 1.807) is 0 Å². The van der Waals surface area contributed by atoms with Crippen LogP contribution in [0.15, 0.2) is 30.3 Å². The summed E-state index contributed by atoms with van der Waals surface area (Å²) in [6, 6.07) is 10.8. The van der Waals surface area contributed by atoms with Gasteiger partial charge in [0.25, 0.3) is 0 Å². The number of hydrogen-bond acceptors (Lipinski definition) is 4. The molecule has 1 aromatic carbocycles. The first-order chi connectivity index (χ1) is 14.8. The van der Waals surface area contributed by atoms with Crippen LogP contribution in [0, 0.1) is 10.8 Å². The second-order valence-electron chi connectivity index (χ2n) is 10.6. The lowest BCUT2D eigenvalue weighted by Crippen LogP contribution is -2.56. The van der Waals surface area contributed by atoms with E-state index < -0.39 is 0 Å². The Bertz CT molecular complexity index is 672. The second-order valence-corrected chi connectivity index (χ2v) is 10.6. The molecular formula is C26H43N3O2. The summed E-state index contributed by atoms with van der Waals surface area (Å²) in [5, 5.41) is 2.86. The van der Waals surface area contributed by atoms with Crippen molar-refractivity contribution in [3.05, 3.63) is 35.9 Å². The fourth-order valence-electron chi connectivity index (χ4n) is 5.66. The zero-order valence-corrected chi connectivity index (χ0v) is 20.2. The molecule has 1 aliphatic carbocycles. The molecule has 0 spiro atoms. The number of nitrogens with one attached hydrogen (secondary N) is 1. The number of hydrogen-bond donors (Lipinski definition) is 1. The van der Waals surface area contributed by atoms with Crippen molar-refractivity contribution < 1.29 is 9.53 Å². The van der Waals surface area contributed by atoms with Crippen LogP contribution < -0.4 is 5.32 Å². The summed E-state index contributed by atoms with van der Waals surface area (Å²) >= 11 is 0. The summed E-state index contributed by atoms with van der Waals surface area (Å²) < 4.78 is 6.15. The molecule has 1 aromatic rings. The molecule has 1 atom stereocenters. The Labute approximate surface area is 189 Å². The van der Waals surface area contributed by atoms with Crippen LogP contribution in [0.5, 0.6) is 0 Å². The van der Waals surface area contributed by atoms with E-state index in [4.69, 9.17) is 4.74 Å². The molecular weight excluding hydrogens is 386 g/mol. The van der Waals surface area contributed by atoms with Gasteiger partial charge >= 0.3 is 6.09 Å². The molecule has 0 aromatic heterocycles. The van der Waals surface area contributed by atoms with Crippen molar-refractivity contribution >= 4 is 6.09 Å². The Morgan fingerprint density at radius 2 is 1.65 bits per heavy atom. The van der Waals surface area contributed by atoms with Crippen molar-refractivity contribution in [2.45, 2.75) is 72.4 Å². The van der Waals surface area contributed by atoms with Gasteiger partial charge in [-0.2, -0.15) is 0 Å². The highest BCUT2D eigenvalue weighted by molar-refractivity contribution is 5.67. The van der Waals surface area contributed by atoms with Crippen LogP contribution >= 0.6 is 0 Å². The quantitative estimate of drug-likeness (QED) is 0.668. The number of rotatable bonds is 7. The Hall–Kier alpha value is -1.59. The minimum Gasteiger partial charge on any atom is -0.445 e. The van der Waals surface area contributed by atoms with Gasteiger partial charge in [-0.3, -0.25) is 4.90 Å². The lowest BCUT2D eigenvalue weighted by molar-refractivity contribution is -0.0938. The Balaban J connectivity index is 1.66. The summed E-state index contributed by atoms with van der Waals surface area (Å²) in [4.78, 5) is 17.6. The van der Waals surface area contributed by atoms with Crippen molar-refractivity contribution in [1.29, 1.82) is 0 Å². The molecule has 5 nitrogen and oxygen atoms in total. The molecule has 1 N–H and O–H groups in total. The van der Waals surface area contributed by atoms with Gasteiger partial charge in [-0.05, 0) is 30.7 Å². The molecule has 0 bridgehead atoms. The summed E-state index contributed by atoms with van der Waals surface area (Å²) in [6.45, 7) is 15.7. The topological polar surface area (TPSA) is 44.8 Å². The van der Waals surface area contributed by atoms with Crippen LogP contribution in [0.3, 0.4) is 0 Å². The molecule has 2 aliphatic rings. The highest BCUT2D eigenvalue weighted by atomic mass is 16.6. The molecule has 1 heterocycles. The fraction of sp³-hybridized carbons (Fsp3) is 0.731. The van der Waals surface area contributed by atoms with Gasteiger partial charge in [0, 0.05) is 51.2 Å². The molecule has 1 saturated carbocycles. The zero-order chi connectivity index (χ0) is 22.3. The average Bonchev–Trinajstić information content (AvgIpc) is 2.74. The van der Waals surface area contributed by atoms with E-state index in [2.05, 4.69) is 66.2 Å². The molecule has 2 fully saturated rings. The van der Waals surface area contributed by atoms with E-state index in [9.17, 15) is 4.79 Å². The lowest BCUT2D eigenvalue weighted by atomic mass is 9.63. The van der Waals surface area contributed by atoms with Gasteiger partial charge in [-0.25, -0.2) is 4.79 Å². The molecule has 0 radical (unpaired) electrons. The molecule has 31 heavy (non-hydrogen) atoms. The Morgan fingerprint density at radius 3 is 2.23 bits per heavy atom. The fourth-order valence-corrected chi connectivity index (χ4v) is 5.66. The first-order valence-corrected chi connectivity index (χ1v) is 12.3. The molecule has 1 amide bonds. The molecule has 5 heteroatoms. The number of carbonyl (C=O) groups excluding carboxylic acids is 1. The van der Waals surface area contributed by atoms with Crippen molar-refractivity contribution in [3.8, 4) is 0 Å². The third-order valence-electron chi connectivity index (χ3n) is 6.99. The van der Waals surface area contributed by atoms with Gasteiger partial charge in [0.15, 0.2) is 0 Å². The van der Waals surface area contributed by atoms with E-state index >= 15 is 0 Å². The Morgan fingerprint density at radius 1 is 1.03 bits per heavy atom. The minimum atomic E-state index is -0.264. The second kappa shape index (κ2) is 10.8. The molecule has 3 rings (SSSR count). The molecule has 1 saturated heterocycles. The largest absolute Gasteiger partial charge is 0.445 e. The van der Waals surface area contributed by atoms with Crippen LogP contribution in [0.25, 0.3) is 0 Å². The maximum atomic E-state index is 12.4. The number of alkyl carbamates (subject to hydrolysis) is 1. The first kappa shape index (κ1) is 24.1. The van der Waals surface area contributed by atoms with Crippen LogP contribution in [-0.2, 0) is 11.3 Å². The van der Waals surface area contributed by atoms with E-state index in [0.29, 0.717) is 6.54 Å². The highest BCUT2D eigenvalue weighted by Gasteiger charge is 2.48. The van der Waals surface area contributed by atoms with Gasteiger partial charge in [0.05, 0.1) is 0 Å². The minimum absolute atomic E-state index is 0.0448. The highest BCUT2D eigenvalue weighted by Crippen LogP contribution is 2.47. The number of carbonyl (C=O) groups is 1. The maximum Gasteiger partial charge on any atom is 0.407 e. The van der Waals surface area contributed by atoms with Crippen molar-refractivity contribution in [2.75, 3.05) is 39.3 Å². The lowest BCUT2D eigenvalue weighted by Gasteiger charge is -2.51. The predicted octanol–water partition coefficient (Wildman–Crippen LogP) is 4.92. The average molecular weight is 430 g/mol. The van der Waals surface area contributed by atoms with Crippen LogP contribution in [0.2, 0.25) is 0 Å². The van der Waals surface area contributed by atoms with Gasteiger partial charge < -0.3 is 15.0 Å². The third kappa shape index (κ3) is 6.69. The van der Waals surface area contributed by atoms with Gasteiger partial charge in [-0.15, -0.1) is 0 Å². The van der Waals surface area contributed by atoms with Gasteiger partial charge in [-0.1, -0.05) is 70.4 Å². The van der Waals surface area contributed by atoms with Crippen molar-refractivity contribution in [2.24, 2.45) is 10.8 Å². The maximum absolute atomic E-state index is 12.4. The third-order valence-corrected chi connectivity index (χ3v) is 6.99. The van der Waals surface area contributed by atoms with Crippen LogP contribution in [0.4, 0.5) is 4.79 Å². The zero-order valence-electron chi connectivity index (χ0n) is 20.2.